The zero-order chi connectivity index (χ0) is 19.2. The van der Waals surface area contributed by atoms with E-state index in [9.17, 15) is 26.3 Å². The molecule has 25 heavy (non-hydrogen) atoms. The van der Waals surface area contributed by atoms with E-state index in [4.69, 9.17) is 11.5 Å². The lowest BCUT2D eigenvalue weighted by molar-refractivity contribution is -0.139. The molecule has 2 aromatic carbocycles. The summed E-state index contributed by atoms with van der Waals surface area (Å²) in [5, 5.41) is 0. The first-order valence-corrected chi connectivity index (χ1v) is 7.19. The Morgan fingerprint density at radius 2 is 0.920 bits per heavy atom. The van der Waals surface area contributed by atoms with E-state index in [1.165, 1.54) is 13.8 Å². The molecule has 2 rings (SSSR count). The number of hydrogen-bond donors (Lipinski definition) is 2. The Morgan fingerprint density at radius 1 is 0.600 bits per heavy atom. The molecule has 2 nitrogen and oxygen atoms in total. The summed E-state index contributed by atoms with van der Waals surface area (Å²) < 4.78 is 80.1. The summed E-state index contributed by atoms with van der Waals surface area (Å²) in [6.07, 6.45) is -9.47. The van der Waals surface area contributed by atoms with Gasteiger partial charge in [0, 0.05) is 16.8 Å². The lowest BCUT2D eigenvalue weighted by atomic mass is 9.73. The van der Waals surface area contributed by atoms with E-state index in [1.807, 2.05) is 0 Å². The number of benzene rings is 2. The van der Waals surface area contributed by atoms with Crippen molar-refractivity contribution >= 4 is 11.4 Å². The highest BCUT2D eigenvalue weighted by Crippen LogP contribution is 2.45. The lowest BCUT2D eigenvalue weighted by Crippen LogP contribution is -2.27. The quantitative estimate of drug-likeness (QED) is 0.569. The minimum absolute atomic E-state index is 0.0218. The van der Waals surface area contributed by atoms with Crippen LogP contribution in [0.5, 0.6) is 0 Å². The summed E-state index contributed by atoms with van der Waals surface area (Å²) in [4.78, 5) is 0. The third-order valence-electron chi connectivity index (χ3n) is 4.04. The third kappa shape index (κ3) is 3.67. The van der Waals surface area contributed by atoms with Crippen LogP contribution in [-0.4, -0.2) is 0 Å². The summed E-state index contributed by atoms with van der Waals surface area (Å²) in [6, 6.07) is 5.76. The molecule has 0 saturated carbocycles. The predicted octanol–water partition coefficient (Wildman–Crippen LogP) is 5.21. The first-order valence-electron chi connectivity index (χ1n) is 7.19. The summed E-state index contributed by atoms with van der Waals surface area (Å²) >= 11 is 0. The zero-order valence-corrected chi connectivity index (χ0v) is 13.4. The van der Waals surface area contributed by atoms with Crippen LogP contribution in [0.15, 0.2) is 36.4 Å². The monoisotopic (exact) mass is 362 g/mol. The summed E-state index contributed by atoms with van der Waals surface area (Å²) in [5.41, 5.74) is 6.79. The minimum atomic E-state index is -4.74. The van der Waals surface area contributed by atoms with Crippen LogP contribution in [0.3, 0.4) is 0 Å². The van der Waals surface area contributed by atoms with Gasteiger partial charge in [0.1, 0.15) is 0 Å². The largest absolute Gasteiger partial charge is 0.416 e. The molecule has 0 atom stereocenters. The van der Waals surface area contributed by atoms with Crippen molar-refractivity contribution in [3.63, 3.8) is 0 Å². The molecule has 8 heteroatoms. The maximum Gasteiger partial charge on any atom is 0.416 e. The van der Waals surface area contributed by atoms with Gasteiger partial charge in [0.15, 0.2) is 0 Å². The molecule has 2 aromatic rings. The molecule has 0 bridgehead atoms. The highest BCUT2D eigenvalue weighted by Gasteiger charge is 2.42. The number of halogens is 6. The van der Waals surface area contributed by atoms with Gasteiger partial charge in [0.2, 0.25) is 0 Å². The summed E-state index contributed by atoms with van der Waals surface area (Å²) in [6.45, 7) is 2.56. The van der Waals surface area contributed by atoms with Crippen molar-refractivity contribution in [1.82, 2.24) is 0 Å². The topological polar surface area (TPSA) is 52.0 Å². The molecule has 0 aliphatic heterocycles. The van der Waals surface area contributed by atoms with Crippen LogP contribution < -0.4 is 11.5 Å². The molecule has 4 N–H and O–H groups in total. The Hall–Kier alpha value is -2.38. The van der Waals surface area contributed by atoms with Gasteiger partial charge in [0.05, 0.1) is 11.1 Å². The molecule has 0 saturated heterocycles. The number of nitrogen functional groups attached to an aromatic ring is 2. The maximum atomic E-state index is 13.4. The van der Waals surface area contributed by atoms with Crippen LogP contribution in [0.25, 0.3) is 0 Å². The van der Waals surface area contributed by atoms with Crippen LogP contribution in [0, 0.1) is 0 Å². The third-order valence-corrected chi connectivity index (χ3v) is 4.04. The lowest BCUT2D eigenvalue weighted by Gasteiger charge is -2.32. The van der Waals surface area contributed by atoms with Crippen LogP contribution in [0.4, 0.5) is 37.7 Å². The van der Waals surface area contributed by atoms with Gasteiger partial charge >= 0.3 is 12.4 Å². The predicted molar refractivity (Wildman–Crippen MR) is 83.8 cm³/mol. The first kappa shape index (κ1) is 19.0. The molecule has 0 heterocycles. The van der Waals surface area contributed by atoms with Gasteiger partial charge in [-0.1, -0.05) is 13.8 Å². The second-order valence-corrected chi connectivity index (χ2v) is 6.23. The molecule has 136 valence electrons. The number of nitrogens with two attached hydrogens (primary N) is 2. The molecule has 0 aromatic heterocycles. The average Bonchev–Trinajstić information content (AvgIpc) is 2.44. The highest BCUT2D eigenvalue weighted by atomic mass is 19.4. The van der Waals surface area contributed by atoms with E-state index in [0.29, 0.717) is 0 Å². The van der Waals surface area contributed by atoms with E-state index in [2.05, 4.69) is 0 Å². The van der Waals surface area contributed by atoms with Crippen molar-refractivity contribution in [2.24, 2.45) is 0 Å². The maximum absolute atomic E-state index is 13.4. The first-order chi connectivity index (χ1) is 11.2. The normalized spacial score (nSPS) is 13.1. The van der Waals surface area contributed by atoms with Crippen LogP contribution in [0.1, 0.15) is 36.1 Å². The van der Waals surface area contributed by atoms with Crippen molar-refractivity contribution in [2.75, 3.05) is 11.5 Å². The smallest absolute Gasteiger partial charge is 0.399 e. The molecular weight excluding hydrogens is 346 g/mol. The van der Waals surface area contributed by atoms with Gasteiger partial charge in [-0.05, 0) is 47.5 Å². The second-order valence-electron chi connectivity index (χ2n) is 6.23. The van der Waals surface area contributed by atoms with E-state index >= 15 is 0 Å². The Balaban J connectivity index is 2.81. The fraction of sp³-hybridized carbons (Fsp3) is 0.294. The summed E-state index contributed by atoms with van der Waals surface area (Å²) in [5.74, 6) is 0. The van der Waals surface area contributed by atoms with Crippen LogP contribution in [0.2, 0.25) is 0 Å². The van der Waals surface area contributed by atoms with E-state index in [0.717, 1.165) is 36.4 Å². The highest BCUT2D eigenvalue weighted by molar-refractivity contribution is 5.56. The Bertz CT molecular complexity index is 725. The number of alkyl halides is 6. The molecule has 0 fully saturated rings. The van der Waals surface area contributed by atoms with Crippen molar-refractivity contribution in [3.8, 4) is 0 Å². The van der Waals surface area contributed by atoms with E-state index < -0.39 is 28.9 Å². The van der Waals surface area contributed by atoms with Crippen molar-refractivity contribution < 1.29 is 26.3 Å². The zero-order valence-electron chi connectivity index (χ0n) is 13.4. The van der Waals surface area contributed by atoms with Crippen molar-refractivity contribution in [3.05, 3.63) is 58.7 Å². The molecule has 0 spiro atoms. The van der Waals surface area contributed by atoms with Crippen molar-refractivity contribution in [1.29, 1.82) is 0 Å². The molecule has 0 aliphatic rings. The van der Waals surface area contributed by atoms with Crippen LogP contribution in [-0.2, 0) is 17.8 Å². The molecule has 0 radical (unpaired) electrons. The van der Waals surface area contributed by atoms with Gasteiger partial charge in [-0.3, -0.25) is 0 Å². The average molecular weight is 362 g/mol. The Morgan fingerprint density at radius 3 is 1.20 bits per heavy atom. The van der Waals surface area contributed by atoms with Gasteiger partial charge in [-0.15, -0.1) is 0 Å². The number of anilines is 2. The fourth-order valence-corrected chi connectivity index (χ4v) is 2.80. The molecule has 0 aliphatic carbocycles. The van der Waals surface area contributed by atoms with E-state index in [-0.39, 0.29) is 22.5 Å². The molecule has 0 unspecified atom stereocenters. The molecular formula is C17H16F6N2. The van der Waals surface area contributed by atoms with Gasteiger partial charge in [0.25, 0.3) is 0 Å². The number of hydrogen-bond acceptors (Lipinski definition) is 2. The fourth-order valence-electron chi connectivity index (χ4n) is 2.80. The van der Waals surface area contributed by atoms with Crippen molar-refractivity contribution in [2.45, 2.75) is 31.6 Å². The standard InChI is InChI=1S/C17H16F6N2/c1-15(2,13-7-9(24)3-5-11(13)16(18,19)20)14-8-10(25)4-6-12(14)17(21,22)23/h3-8H,24-25H2,1-2H3. The minimum Gasteiger partial charge on any atom is -0.399 e. The summed E-state index contributed by atoms with van der Waals surface area (Å²) in [7, 11) is 0. The van der Waals surface area contributed by atoms with Gasteiger partial charge in [-0.25, -0.2) is 0 Å². The molecule has 0 amide bonds. The van der Waals surface area contributed by atoms with Crippen LogP contribution >= 0.6 is 0 Å². The second kappa shape index (κ2) is 5.86. The van der Waals surface area contributed by atoms with Gasteiger partial charge in [-0.2, -0.15) is 26.3 Å². The SMILES string of the molecule is CC(C)(c1cc(N)ccc1C(F)(F)F)c1cc(N)ccc1C(F)(F)F. The Labute approximate surface area is 140 Å². The van der Waals surface area contributed by atoms with Gasteiger partial charge < -0.3 is 11.5 Å². The number of rotatable bonds is 2. The Kier molecular flexibility index (Phi) is 4.44. The van der Waals surface area contributed by atoms with E-state index in [1.54, 1.807) is 0 Å².